The molecule has 3 aromatic rings. The average molecular weight is 361 g/mol. The molecule has 1 amide bonds. The number of rotatable bonds is 6. The van der Waals surface area contributed by atoms with Gasteiger partial charge in [0.05, 0.1) is 12.1 Å². The first-order valence-electron chi connectivity index (χ1n) is 7.79. The zero-order valence-electron chi connectivity index (χ0n) is 13.6. The van der Waals surface area contributed by atoms with Crippen LogP contribution in [0.25, 0.3) is 22.0 Å². The molecule has 0 saturated heterocycles. The largest absolute Gasteiger partial charge is 0.493 e. The summed E-state index contributed by atoms with van der Waals surface area (Å²) in [5.74, 6) is 5.58. The predicted molar refractivity (Wildman–Crippen MR) is 102 cm³/mol. The Bertz CT molecular complexity index is 849. The van der Waals surface area contributed by atoms with Crippen LogP contribution in [0, 0.1) is 0 Å². The molecule has 6 N–H and O–H groups in total. The molecule has 1 aromatic heterocycles. The minimum atomic E-state index is -0.377. The third-order valence-electron chi connectivity index (χ3n) is 3.82. The first-order chi connectivity index (χ1) is 11.7. The van der Waals surface area contributed by atoms with Crippen molar-refractivity contribution in [3.05, 3.63) is 54.2 Å². The van der Waals surface area contributed by atoms with Crippen LogP contribution in [0.15, 0.2) is 48.5 Å². The molecule has 0 atom stereocenters. The summed E-state index contributed by atoms with van der Waals surface area (Å²) in [6.45, 7) is 1.10. The van der Waals surface area contributed by atoms with Crippen LogP contribution in [0.2, 0.25) is 0 Å². The molecule has 7 heteroatoms. The van der Waals surface area contributed by atoms with Gasteiger partial charge in [-0.2, -0.15) is 0 Å². The summed E-state index contributed by atoms with van der Waals surface area (Å²) in [7, 11) is 0. The van der Waals surface area contributed by atoms with Crippen LogP contribution in [-0.2, 0) is 0 Å². The van der Waals surface area contributed by atoms with E-state index in [9.17, 15) is 4.79 Å². The van der Waals surface area contributed by atoms with Crippen molar-refractivity contribution in [1.29, 1.82) is 0 Å². The van der Waals surface area contributed by atoms with Gasteiger partial charge in [0.15, 0.2) is 0 Å². The van der Waals surface area contributed by atoms with Crippen molar-refractivity contribution in [2.24, 2.45) is 11.6 Å². The molecule has 0 spiro atoms. The SMILES string of the molecule is Cl.NCCCOc1ccc(-c2ccccc2)c2[nH]c(C(=O)NN)cc12. The lowest BCUT2D eigenvalue weighted by molar-refractivity contribution is 0.0949. The van der Waals surface area contributed by atoms with Gasteiger partial charge >= 0.3 is 0 Å². The Hall–Kier alpha value is -2.54. The molecule has 3 rings (SSSR count). The van der Waals surface area contributed by atoms with Crippen LogP contribution < -0.4 is 21.7 Å². The van der Waals surface area contributed by atoms with Gasteiger partial charge in [0.1, 0.15) is 11.4 Å². The van der Waals surface area contributed by atoms with Crippen molar-refractivity contribution >= 4 is 29.2 Å². The van der Waals surface area contributed by atoms with E-state index in [1.807, 2.05) is 42.5 Å². The Labute approximate surface area is 151 Å². The number of hydrogen-bond acceptors (Lipinski definition) is 4. The number of hydrazine groups is 1. The molecule has 0 unspecified atom stereocenters. The van der Waals surface area contributed by atoms with Crippen molar-refractivity contribution in [2.45, 2.75) is 6.42 Å². The van der Waals surface area contributed by atoms with Gasteiger partial charge in [-0.05, 0) is 36.7 Å². The van der Waals surface area contributed by atoms with E-state index in [-0.39, 0.29) is 18.3 Å². The molecule has 0 bridgehead atoms. The molecule has 0 aliphatic carbocycles. The van der Waals surface area contributed by atoms with E-state index in [4.69, 9.17) is 16.3 Å². The highest BCUT2D eigenvalue weighted by Gasteiger charge is 2.15. The van der Waals surface area contributed by atoms with Gasteiger partial charge in [0.2, 0.25) is 0 Å². The molecular weight excluding hydrogens is 340 g/mol. The molecule has 1 heterocycles. The zero-order chi connectivity index (χ0) is 16.9. The molecule has 0 radical (unpaired) electrons. The predicted octanol–water partition coefficient (Wildman–Crippen LogP) is 2.59. The van der Waals surface area contributed by atoms with Crippen LogP contribution in [0.1, 0.15) is 16.9 Å². The van der Waals surface area contributed by atoms with E-state index in [1.165, 1.54) is 0 Å². The highest BCUT2D eigenvalue weighted by Crippen LogP contribution is 2.34. The normalized spacial score (nSPS) is 10.3. The second-order valence-electron chi connectivity index (χ2n) is 5.41. The number of hydrogen-bond donors (Lipinski definition) is 4. The Morgan fingerprint density at radius 1 is 1.16 bits per heavy atom. The highest BCUT2D eigenvalue weighted by molar-refractivity contribution is 6.04. The lowest BCUT2D eigenvalue weighted by Gasteiger charge is -2.10. The summed E-state index contributed by atoms with van der Waals surface area (Å²) in [6, 6.07) is 15.6. The maximum Gasteiger partial charge on any atom is 0.281 e. The Morgan fingerprint density at radius 3 is 2.60 bits per heavy atom. The molecule has 25 heavy (non-hydrogen) atoms. The standard InChI is InChI=1S/C18H20N4O2.ClH/c19-9-4-10-24-16-8-7-13(12-5-2-1-3-6-12)17-14(16)11-15(21-17)18(23)22-20;/h1-3,5-8,11,21H,4,9-10,19-20H2,(H,22,23);1H. The fraction of sp³-hybridized carbons (Fsp3) is 0.167. The number of carbonyl (C=O) groups excluding carboxylic acids is 1. The Kier molecular flexibility index (Phi) is 6.41. The second-order valence-corrected chi connectivity index (χ2v) is 5.41. The number of carbonyl (C=O) groups is 1. The molecule has 0 aliphatic heterocycles. The van der Waals surface area contributed by atoms with Crippen LogP contribution in [-0.4, -0.2) is 24.0 Å². The summed E-state index contributed by atoms with van der Waals surface area (Å²) in [4.78, 5) is 15.0. The minimum absolute atomic E-state index is 0. The maximum atomic E-state index is 11.9. The number of nitrogens with two attached hydrogens (primary N) is 2. The van der Waals surface area contributed by atoms with E-state index in [1.54, 1.807) is 6.07 Å². The summed E-state index contributed by atoms with van der Waals surface area (Å²) in [6.07, 6.45) is 0.766. The van der Waals surface area contributed by atoms with Crippen molar-refractivity contribution in [3.63, 3.8) is 0 Å². The average Bonchev–Trinajstić information content (AvgIpc) is 3.07. The van der Waals surface area contributed by atoms with Gasteiger partial charge < -0.3 is 15.5 Å². The first kappa shape index (κ1) is 18.8. The van der Waals surface area contributed by atoms with E-state index in [0.29, 0.717) is 24.6 Å². The summed E-state index contributed by atoms with van der Waals surface area (Å²) in [5.41, 5.74) is 10.9. The molecule has 0 fully saturated rings. The molecule has 2 aromatic carbocycles. The first-order valence-corrected chi connectivity index (χ1v) is 7.79. The van der Waals surface area contributed by atoms with E-state index < -0.39 is 0 Å². The van der Waals surface area contributed by atoms with E-state index in [2.05, 4.69) is 10.4 Å². The Balaban J connectivity index is 0.00000225. The van der Waals surface area contributed by atoms with Gasteiger partial charge in [-0.3, -0.25) is 10.2 Å². The third-order valence-corrected chi connectivity index (χ3v) is 3.82. The van der Waals surface area contributed by atoms with E-state index in [0.717, 1.165) is 28.5 Å². The summed E-state index contributed by atoms with van der Waals surface area (Å²) < 4.78 is 5.81. The van der Waals surface area contributed by atoms with Crippen LogP contribution in [0.5, 0.6) is 5.75 Å². The van der Waals surface area contributed by atoms with Gasteiger partial charge in [0.25, 0.3) is 5.91 Å². The number of amides is 1. The monoisotopic (exact) mass is 360 g/mol. The topological polar surface area (TPSA) is 106 Å². The number of aromatic amines is 1. The van der Waals surface area contributed by atoms with Crippen molar-refractivity contribution in [1.82, 2.24) is 10.4 Å². The zero-order valence-corrected chi connectivity index (χ0v) is 14.4. The number of ether oxygens (including phenoxy) is 1. The van der Waals surface area contributed by atoms with Crippen molar-refractivity contribution in [3.8, 4) is 16.9 Å². The van der Waals surface area contributed by atoms with Crippen LogP contribution in [0.4, 0.5) is 0 Å². The second kappa shape index (κ2) is 8.53. The maximum absolute atomic E-state index is 11.9. The number of aromatic nitrogens is 1. The fourth-order valence-corrected chi connectivity index (χ4v) is 2.64. The molecule has 6 nitrogen and oxygen atoms in total. The van der Waals surface area contributed by atoms with Crippen LogP contribution >= 0.6 is 12.4 Å². The minimum Gasteiger partial charge on any atom is -0.493 e. The molecule has 0 saturated carbocycles. The highest BCUT2D eigenvalue weighted by atomic mass is 35.5. The fourth-order valence-electron chi connectivity index (χ4n) is 2.64. The summed E-state index contributed by atoms with van der Waals surface area (Å²) in [5, 5.41) is 0.840. The van der Waals surface area contributed by atoms with Crippen LogP contribution in [0.3, 0.4) is 0 Å². The molecular formula is C18H21ClN4O2. The lowest BCUT2D eigenvalue weighted by atomic mass is 10.0. The molecule has 0 aliphatic rings. The number of benzene rings is 2. The quantitative estimate of drug-likeness (QED) is 0.234. The van der Waals surface area contributed by atoms with Gasteiger partial charge in [-0.15, -0.1) is 12.4 Å². The van der Waals surface area contributed by atoms with Crippen molar-refractivity contribution < 1.29 is 9.53 Å². The smallest absolute Gasteiger partial charge is 0.281 e. The number of H-pyrrole nitrogens is 1. The number of nitrogens with one attached hydrogen (secondary N) is 2. The van der Waals surface area contributed by atoms with Gasteiger partial charge in [-0.25, -0.2) is 5.84 Å². The number of halogens is 1. The van der Waals surface area contributed by atoms with Gasteiger partial charge in [0, 0.05) is 10.9 Å². The lowest BCUT2D eigenvalue weighted by Crippen LogP contribution is -2.30. The Morgan fingerprint density at radius 2 is 1.92 bits per heavy atom. The number of fused-ring (bicyclic) bond motifs is 1. The van der Waals surface area contributed by atoms with E-state index >= 15 is 0 Å². The third kappa shape index (κ3) is 3.93. The van der Waals surface area contributed by atoms with Gasteiger partial charge in [-0.1, -0.05) is 30.3 Å². The summed E-state index contributed by atoms with van der Waals surface area (Å²) >= 11 is 0. The van der Waals surface area contributed by atoms with Crippen molar-refractivity contribution in [2.75, 3.05) is 13.2 Å². The number of nitrogen functional groups attached to an aromatic ring is 1. The molecule has 132 valence electrons.